The van der Waals surface area contributed by atoms with Gasteiger partial charge in [0.1, 0.15) is 0 Å². The van der Waals surface area contributed by atoms with Crippen LogP contribution in [0.15, 0.2) is 28.3 Å². The summed E-state index contributed by atoms with van der Waals surface area (Å²) in [6.07, 6.45) is 0. The predicted octanol–water partition coefficient (Wildman–Crippen LogP) is 0.968. The summed E-state index contributed by atoms with van der Waals surface area (Å²) in [5, 5.41) is 30.8. The average molecular weight is 281 g/mol. The Morgan fingerprint density at radius 2 is 2.26 bits per heavy atom. The van der Waals surface area contributed by atoms with Crippen molar-refractivity contribution in [2.45, 2.75) is 10.1 Å². The zero-order chi connectivity index (χ0) is 14.0. The Morgan fingerprint density at radius 3 is 2.79 bits per heavy atom. The number of benzene rings is 1. The van der Waals surface area contributed by atoms with Crippen LogP contribution in [0.2, 0.25) is 0 Å². The maximum atomic E-state index is 10.9. The predicted molar refractivity (Wildman–Crippen MR) is 63.0 cm³/mol. The number of carboxylic acid groups (broad SMARTS) is 1. The van der Waals surface area contributed by atoms with Crippen LogP contribution in [0.3, 0.4) is 0 Å². The van der Waals surface area contributed by atoms with E-state index in [0.29, 0.717) is 5.16 Å². The van der Waals surface area contributed by atoms with E-state index in [1.807, 2.05) is 0 Å². The third kappa shape index (κ3) is 2.68. The SMILES string of the molecule is Cn1nnnc1Sc1cc(C(=O)O)ccc1[N+](=O)[O-]. The molecule has 0 bridgehead atoms. The Morgan fingerprint density at radius 1 is 1.53 bits per heavy atom. The van der Waals surface area contributed by atoms with Gasteiger partial charge in [-0.25, -0.2) is 9.48 Å². The number of nitrogens with zero attached hydrogens (tertiary/aromatic N) is 5. The number of hydrogen-bond donors (Lipinski definition) is 1. The van der Waals surface area contributed by atoms with Crippen LogP contribution in [0.5, 0.6) is 0 Å². The van der Waals surface area contributed by atoms with E-state index in [2.05, 4.69) is 15.5 Å². The number of tetrazole rings is 1. The normalized spacial score (nSPS) is 10.4. The fraction of sp³-hybridized carbons (Fsp3) is 0.111. The number of nitro benzene ring substituents is 1. The van der Waals surface area contributed by atoms with Crippen LogP contribution < -0.4 is 0 Å². The molecule has 9 nitrogen and oxygen atoms in total. The van der Waals surface area contributed by atoms with Crippen molar-refractivity contribution in [2.75, 3.05) is 0 Å². The first-order valence-corrected chi connectivity index (χ1v) is 5.72. The Bertz CT molecular complexity index is 656. The Labute approximate surface area is 110 Å². The summed E-state index contributed by atoms with van der Waals surface area (Å²) >= 11 is 0.929. The molecule has 2 rings (SSSR count). The van der Waals surface area contributed by atoms with Gasteiger partial charge < -0.3 is 5.11 Å². The standard InChI is InChI=1S/C9H7N5O4S/c1-13-9(10-11-12-13)19-7-4-5(8(15)16)2-3-6(7)14(17)18/h2-4H,1H3,(H,15,16). The van der Waals surface area contributed by atoms with E-state index in [4.69, 9.17) is 5.11 Å². The van der Waals surface area contributed by atoms with Crippen molar-refractivity contribution in [3.05, 3.63) is 33.9 Å². The van der Waals surface area contributed by atoms with Gasteiger partial charge in [-0.1, -0.05) is 0 Å². The molecule has 0 unspecified atom stereocenters. The lowest BCUT2D eigenvalue weighted by Crippen LogP contribution is -1.99. The Balaban J connectivity index is 2.46. The van der Waals surface area contributed by atoms with Crippen molar-refractivity contribution >= 4 is 23.4 Å². The molecule has 0 aliphatic carbocycles. The molecule has 1 N–H and O–H groups in total. The van der Waals surface area contributed by atoms with Gasteiger partial charge in [0.2, 0.25) is 5.16 Å². The van der Waals surface area contributed by atoms with E-state index < -0.39 is 10.9 Å². The topological polar surface area (TPSA) is 124 Å². The third-order valence-electron chi connectivity index (χ3n) is 2.19. The molecule has 0 saturated carbocycles. The summed E-state index contributed by atoms with van der Waals surface area (Å²) in [7, 11) is 1.58. The molecule has 0 atom stereocenters. The first kappa shape index (κ1) is 13.0. The first-order valence-electron chi connectivity index (χ1n) is 4.91. The quantitative estimate of drug-likeness (QED) is 0.649. The number of hydrogen-bond acceptors (Lipinski definition) is 7. The van der Waals surface area contributed by atoms with Crippen molar-refractivity contribution in [3.8, 4) is 0 Å². The molecule has 1 heterocycles. The maximum absolute atomic E-state index is 10.9. The molecular formula is C9H7N5O4S. The number of nitro groups is 1. The van der Waals surface area contributed by atoms with Gasteiger partial charge in [0.05, 0.1) is 15.4 Å². The number of carboxylic acids is 1. The summed E-state index contributed by atoms with van der Waals surface area (Å²) in [6.45, 7) is 0. The van der Waals surface area contributed by atoms with Crippen molar-refractivity contribution in [3.63, 3.8) is 0 Å². The molecule has 0 amide bonds. The second-order valence-electron chi connectivity index (χ2n) is 3.43. The van der Waals surface area contributed by atoms with Crippen LogP contribution in [0, 0.1) is 10.1 Å². The van der Waals surface area contributed by atoms with E-state index in [1.54, 1.807) is 7.05 Å². The van der Waals surface area contributed by atoms with Crippen LogP contribution in [-0.4, -0.2) is 36.2 Å². The van der Waals surface area contributed by atoms with Crippen LogP contribution in [0.25, 0.3) is 0 Å². The zero-order valence-electron chi connectivity index (χ0n) is 9.55. The van der Waals surface area contributed by atoms with E-state index in [9.17, 15) is 14.9 Å². The minimum atomic E-state index is -1.16. The van der Waals surface area contributed by atoms with E-state index in [-0.39, 0.29) is 16.1 Å². The molecule has 0 radical (unpaired) electrons. The second kappa shape index (κ2) is 5.02. The van der Waals surface area contributed by atoms with Gasteiger partial charge in [0.25, 0.3) is 5.69 Å². The highest BCUT2D eigenvalue weighted by atomic mass is 32.2. The molecule has 0 saturated heterocycles. The first-order chi connectivity index (χ1) is 8.99. The summed E-state index contributed by atoms with van der Waals surface area (Å²) in [5.74, 6) is -1.16. The number of carbonyl (C=O) groups is 1. The van der Waals surface area contributed by atoms with Crippen LogP contribution in [0.1, 0.15) is 10.4 Å². The van der Waals surface area contributed by atoms with Crippen molar-refractivity contribution in [2.24, 2.45) is 7.05 Å². The summed E-state index contributed by atoms with van der Waals surface area (Å²) in [5.41, 5.74) is -0.235. The molecular weight excluding hydrogens is 274 g/mol. The largest absolute Gasteiger partial charge is 0.478 e. The van der Waals surface area contributed by atoms with Gasteiger partial charge in [0.15, 0.2) is 0 Å². The fourth-order valence-electron chi connectivity index (χ4n) is 1.29. The molecule has 0 aliphatic heterocycles. The lowest BCUT2D eigenvalue weighted by molar-refractivity contribution is -0.387. The van der Waals surface area contributed by atoms with Crippen LogP contribution in [-0.2, 0) is 7.05 Å². The molecule has 0 aliphatic rings. The molecule has 0 fully saturated rings. The number of aromatic nitrogens is 4. The monoisotopic (exact) mass is 281 g/mol. The van der Waals surface area contributed by atoms with Crippen LogP contribution in [0.4, 0.5) is 5.69 Å². The highest BCUT2D eigenvalue weighted by Crippen LogP contribution is 2.33. The van der Waals surface area contributed by atoms with Gasteiger partial charge >= 0.3 is 5.97 Å². The highest BCUT2D eigenvalue weighted by molar-refractivity contribution is 7.99. The summed E-state index contributed by atoms with van der Waals surface area (Å²) < 4.78 is 1.34. The van der Waals surface area contributed by atoms with Gasteiger partial charge in [0, 0.05) is 13.1 Å². The van der Waals surface area contributed by atoms with Crippen molar-refractivity contribution in [1.82, 2.24) is 20.2 Å². The lowest BCUT2D eigenvalue weighted by atomic mass is 10.2. The molecule has 98 valence electrons. The molecule has 1 aromatic carbocycles. The molecule has 10 heteroatoms. The minimum absolute atomic E-state index is 0.0387. The van der Waals surface area contributed by atoms with Crippen LogP contribution >= 0.6 is 11.8 Å². The molecule has 0 spiro atoms. The number of rotatable bonds is 4. The van der Waals surface area contributed by atoms with Gasteiger partial charge in [-0.05, 0) is 34.3 Å². The van der Waals surface area contributed by atoms with Crippen molar-refractivity contribution < 1.29 is 14.8 Å². The van der Waals surface area contributed by atoms with E-state index in [0.717, 1.165) is 17.8 Å². The third-order valence-corrected chi connectivity index (χ3v) is 3.26. The average Bonchev–Trinajstić information content (AvgIpc) is 2.74. The highest BCUT2D eigenvalue weighted by Gasteiger charge is 2.19. The summed E-state index contributed by atoms with van der Waals surface area (Å²) in [4.78, 5) is 21.4. The fourth-order valence-corrected chi connectivity index (χ4v) is 2.16. The smallest absolute Gasteiger partial charge is 0.335 e. The number of aryl methyl sites for hydroxylation is 1. The maximum Gasteiger partial charge on any atom is 0.335 e. The molecule has 19 heavy (non-hydrogen) atoms. The zero-order valence-corrected chi connectivity index (χ0v) is 10.4. The molecule has 2 aromatic rings. The van der Waals surface area contributed by atoms with Gasteiger partial charge in [-0.15, -0.1) is 5.10 Å². The molecule has 1 aromatic heterocycles. The minimum Gasteiger partial charge on any atom is -0.478 e. The second-order valence-corrected chi connectivity index (χ2v) is 4.44. The van der Waals surface area contributed by atoms with Gasteiger partial charge in [-0.2, -0.15) is 0 Å². The van der Waals surface area contributed by atoms with Crippen molar-refractivity contribution in [1.29, 1.82) is 0 Å². The summed E-state index contributed by atoms with van der Waals surface area (Å²) in [6, 6.07) is 3.55. The Kier molecular flexibility index (Phi) is 3.42. The number of aromatic carboxylic acids is 1. The van der Waals surface area contributed by atoms with E-state index in [1.165, 1.54) is 16.8 Å². The van der Waals surface area contributed by atoms with Gasteiger partial charge in [-0.3, -0.25) is 10.1 Å². The lowest BCUT2D eigenvalue weighted by Gasteiger charge is -2.02. The Hall–Kier alpha value is -2.49. The van der Waals surface area contributed by atoms with E-state index >= 15 is 0 Å².